The van der Waals surface area contributed by atoms with Gasteiger partial charge in [0.25, 0.3) is 0 Å². The topological polar surface area (TPSA) is 63.6 Å². The zero-order chi connectivity index (χ0) is 32.2. The Balaban J connectivity index is 4.14. The van der Waals surface area contributed by atoms with E-state index in [4.69, 9.17) is 9.84 Å². The molecule has 0 fully saturated rings. The van der Waals surface area contributed by atoms with Gasteiger partial charge in [-0.1, -0.05) is 146 Å². The number of allylic oxidation sites excluding steroid dienone is 8. The predicted octanol–water partition coefficient (Wildman–Crippen LogP) is 12.8. The van der Waals surface area contributed by atoms with E-state index in [1.165, 1.54) is 70.6 Å². The second-order valence-corrected chi connectivity index (χ2v) is 12.4. The molecule has 0 amide bonds. The summed E-state index contributed by atoms with van der Waals surface area (Å²) in [6, 6.07) is 0. The van der Waals surface area contributed by atoms with Gasteiger partial charge in [0.2, 0.25) is 0 Å². The van der Waals surface area contributed by atoms with Crippen molar-refractivity contribution in [2.75, 3.05) is 0 Å². The molecule has 0 heterocycles. The van der Waals surface area contributed by atoms with Crippen LogP contribution in [0.2, 0.25) is 0 Å². The van der Waals surface area contributed by atoms with E-state index in [-0.39, 0.29) is 12.1 Å². The summed E-state index contributed by atoms with van der Waals surface area (Å²) in [5.41, 5.74) is 0. The van der Waals surface area contributed by atoms with E-state index in [0.29, 0.717) is 12.8 Å². The number of hydrogen-bond acceptors (Lipinski definition) is 3. The van der Waals surface area contributed by atoms with E-state index in [1.54, 1.807) is 0 Å². The van der Waals surface area contributed by atoms with Crippen LogP contribution in [0.4, 0.5) is 0 Å². The molecule has 0 bridgehead atoms. The van der Waals surface area contributed by atoms with Crippen molar-refractivity contribution in [3.8, 4) is 0 Å². The van der Waals surface area contributed by atoms with Gasteiger partial charge in [-0.3, -0.25) is 9.59 Å². The summed E-state index contributed by atoms with van der Waals surface area (Å²) in [6.07, 6.45) is 47.0. The van der Waals surface area contributed by atoms with Crippen LogP contribution in [0.3, 0.4) is 0 Å². The number of hydrogen-bond donors (Lipinski definition) is 1. The van der Waals surface area contributed by atoms with Gasteiger partial charge in [0.15, 0.2) is 0 Å². The third kappa shape index (κ3) is 34.4. The molecule has 0 saturated heterocycles. The number of aliphatic carboxylic acids is 1. The van der Waals surface area contributed by atoms with Gasteiger partial charge in [0, 0.05) is 12.8 Å². The minimum atomic E-state index is -0.686. The summed E-state index contributed by atoms with van der Waals surface area (Å²) in [5, 5.41) is 8.73. The lowest BCUT2D eigenvalue weighted by Gasteiger charge is -2.18. The van der Waals surface area contributed by atoms with Gasteiger partial charge in [-0.15, -0.1) is 0 Å². The Morgan fingerprint density at radius 2 is 0.955 bits per heavy atom. The Morgan fingerprint density at radius 3 is 1.45 bits per heavy atom. The first kappa shape index (κ1) is 41.9. The van der Waals surface area contributed by atoms with Crippen LogP contribution in [0.15, 0.2) is 48.6 Å². The van der Waals surface area contributed by atoms with Gasteiger partial charge in [-0.2, -0.15) is 0 Å². The number of rotatable bonds is 33. The molecule has 0 aromatic carbocycles. The standard InChI is InChI=1S/C40H70O4/c1-3-5-7-9-11-13-14-15-16-17-18-19-25-29-33-37-40(43)44-38(34-30-26-22-12-10-8-6-4-2)35-31-27-23-20-21-24-28-32-36-39(41)42/h5,7,11,13,15-16,18-19,38H,3-4,6,8-10,12,14,17,20-37H2,1-2H3,(H,41,42)/b7-5-,13-11-,16-15-,19-18-. The molecule has 1 atom stereocenters. The predicted molar refractivity (Wildman–Crippen MR) is 190 cm³/mol. The van der Waals surface area contributed by atoms with Gasteiger partial charge in [-0.05, 0) is 77.0 Å². The first-order valence-electron chi connectivity index (χ1n) is 18.6. The van der Waals surface area contributed by atoms with Crippen LogP contribution >= 0.6 is 0 Å². The van der Waals surface area contributed by atoms with Gasteiger partial charge in [0.1, 0.15) is 6.10 Å². The highest BCUT2D eigenvalue weighted by Gasteiger charge is 2.14. The Hall–Kier alpha value is -2.10. The lowest BCUT2D eigenvalue weighted by molar-refractivity contribution is -0.150. The molecule has 0 aliphatic rings. The monoisotopic (exact) mass is 615 g/mol. The second kappa shape index (κ2) is 35.4. The van der Waals surface area contributed by atoms with Crippen molar-refractivity contribution >= 4 is 11.9 Å². The van der Waals surface area contributed by atoms with Crippen molar-refractivity contribution in [2.45, 2.75) is 193 Å². The summed E-state index contributed by atoms with van der Waals surface area (Å²) < 4.78 is 6.00. The van der Waals surface area contributed by atoms with E-state index >= 15 is 0 Å². The Labute approximate surface area is 272 Å². The second-order valence-electron chi connectivity index (χ2n) is 12.4. The summed E-state index contributed by atoms with van der Waals surface area (Å²) in [7, 11) is 0. The van der Waals surface area contributed by atoms with Crippen molar-refractivity contribution in [1.29, 1.82) is 0 Å². The van der Waals surface area contributed by atoms with E-state index in [1.807, 2.05) is 0 Å². The highest BCUT2D eigenvalue weighted by Crippen LogP contribution is 2.19. The third-order valence-corrected chi connectivity index (χ3v) is 8.07. The first-order chi connectivity index (χ1) is 21.6. The van der Waals surface area contributed by atoms with Gasteiger partial charge in [0.05, 0.1) is 0 Å². The number of carbonyl (C=O) groups is 2. The van der Waals surface area contributed by atoms with Crippen LogP contribution in [0.5, 0.6) is 0 Å². The fourth-order valence-corrected chi connectivity index (χ4v) is 5.35. The molecular weight excluding hydrogens is 544 g/mol. The average Bonchev–Trinajstić information content (AvgIpc) is 3.01. The normalized spacial score (nSPS) is 12.8. The van der Waals surface area contributed by atoms with Gasteiger partial charge < -0.3 is 9.84 Å². The molecule has 0 radical (unpaired) electrons. The molecule has 0 spiro atoms. The lowest BCUT2D eigenvalue weighted by atomic mass is 10.0. The molecule has 0 rings (SSSR count). The van der Waals surface area contributed by atoms with Crippen LogP contribution in [0.1, 0.15) is 187 Å². The fraction of sp³-hybridized carbons (Fsp3) is 0.750. The zero-order valence-corrected chi connectivity index (χ0v) is 29.0. The highest BCUT2D eigenvalue weighted by molar-refractivity contribution is 5.69. The van der Waals surface area contributed by atoms with Gasteiger partial charge in [-0.25, -0.2) is 0 Å². The molecule has 4 heteroatoms. The highest BCUT2D eigenvalue weighted by atomic mass is 16.5. The minimum absolute atomic E-state index is 0.0129. The van der Waals surface area contributed by atoms with Crippen molar-refractivity contribution < 1.29 is 19.4 Å². The number of carboxylic acid groups (broad SMARTS) is 1. The summed E-state index contributed by atoms with van der Waals surface area (Å²) >= 11 is 0. The third-order valence-electron chi connectivity index (χ3n) is 8.07. The molecule has 4 nitrogen and oxygen atoms in total. The Bertz CT molecular complexity index is 748. The van der Waals surface area contributed by atoms with Crippen LogP contribution < -0.4 is 0 Å². The molecule has 1 N–H and O–H groups in total. The van der Waals surface area contributed by atoms with Gasteiger partial charge >= 0.3 is 11.9 Å². The molecular formula is C40H70O4. The molecule has 0 aliphatic carbocycles. The molecule has 254 valence electrons. The maximum Gasteiger partial charge on any atom is 0.306 e. The Kier molecular flexibility index (Phi) is 33.7. The molecule has 0 aromatic heterocycles. The molecule has 0 aliphatic heterocycles. The van der Waals surface area contributed by atoms with Crippen LogP contribution in [0, 0.1) is 0 Å². The smallest absolute Gasteiger partial charge is 0.306 e. The first-order valence-corrected chi connectivity index (χ1v) is 18.6. The SMILES string of the molecule is CC/C=C\C/C=C\C/C=C\C/C=C\CCCCC(=O)OC(CCCCCCCCCC)CCCCCCCCCCC(=O)O. The lowest BCUT2D eigenvalue weighted by Crippen LogP contribution is -2.18. The van der Waals surface area contributed by atoms with Crippen LogP contribution in [0.25, 0.3) is 0 Å². The largest absolute Gasteiger partial charge is 0.481 e. The van der Waals surface area contributed by atoms with Crippen molar-refractivity contribution in [1.82, 2.24) is 0 Å². The average molecular weight is 615 g/mol. The molecule has 0 saturated carbocycles. The van der Waals surface area contributed by atoms with Crippen molar-refractivity contribution in [2.24, 2.45) is 0 Å². The summed E-state index contributed by atoms with van der Waals surface area (Å²) in [5.74, 6) is -0.699. The summed E-state index contributed by atoms with van der Waals surface area (Å²) in [4.78, 5) is 23.2. The number of ether oxygens (including phenoxy) is 1. The molecule has 44 heavy (non-hydrogen) atoms. The fourth-order valence-electron chi connectivity index (χ4n) is 5.35. The molecule has 1 unspecified atom stereocenters. The number of unbranched alkanes of at least 4 members (excludes halogenated alkanes) is 16. The van der Waals surface area contributed by atoms with E-state index in [2.05, 4.69) is 62.5 Å². The zero-order valence-electron chi connectivity index (χ0n) is 29.0. The van der Waals surface area contributed by atoms with Crippen molar-refractivity contribution in [3.05, 3.63) is 48.6 Å². The number of esters is 1. The quantitative estimate of drug-likeness (QED) is 0.0454. The summed E-state index contributed by atoms with van der Waals surface area (Å²) in [6.45, 7) is 4.42. The van der Waals surface area contributed by atoms with Crippen molar-refractivity contribution in [3.63, 3.8) is 0 Å². The van der Waals surface area contributed by atoms with E-state index < -0.39 is 5.97 Å². The number of carbonyl (C=O) groups excluding carboxylic acids is 1. The number of carboxylic acids is 1. The van der Waals surface area contributed by atoms with Crippen LogP contribution in [-0.4, -0.2) is 23.1 Å². The minimum Gasteiger partial charge on any atom is -0.481 e. The van der Waals surface area contributed by atoms with Crippen LogP contribution in [-0.2, 0) is 14.3 Å². The van der Waals surface area contributed by atoms with E-state index in [9.17, 15) is 9.59 Å². The maximum atomic E-state index is 12.6. The molecule has 0 aromatic rings. The maximum absolute atomic E-state index is 12.6. The Morgan fingerprint density at radius 1 is 0.523 bits per heavy atom. The van der Waals surface area contributed by atoms with E-state index in [0.717, 1.165) is 89.9 Å².